The second kappa shape index (κ2) is 5.93. The number of ether oxygens (including phenoxy) is 1. The molecule has 0 aliphatic rings. The van der Waals surface area contributed by atoms with Crippen molar-refractivity contribution in [3.63, 3.8) is 0 Å². The molecule has 2 unspecified atom stereocenters. The van der Waals surface area contributed by atoms with E-state index in [0.717, 1.165) is 6.42 Å². The second-order valence-corrected chi connectivity index (χ2v) is 4.77. The SMILES string of the molecule is CCC(C)NC(C)(C(=O)O)c1ccc(O)c(OC)c1. The van der Waals surface area contributed by atoms with Gasteiger partial charge in [0.15, 0.2) is 11.5 Å². The number of phenols is 1. The summed E-state index contributed by atoms with van der Waals surface area (Å²) >= 11 is 0. The Kier molecular flexibility index (Phi) is 4.78. The minimum atomic E-state index is -1.23. The highest BCUT2D eigenvalue weighted by Crippen LogP contribution is 2.32. The molecule has 1 rings (SSSR count). The standard InChI is InChI=1S/C14H21NO4/c1-5-9(2)15-14(3,13(17)18)10-6-7-11(16)12(8-10)19-4/h6-9,15-16H,5H2,1-4H3,(H,17,18). The van der Waals surface area contributed by atoms with Crippen LogP contribution >= 0.6 is 0 Å². The number of carboxylic acids is 1. The summed E-state index contributed by atoms with van der Waals surface area (Å²) in [5.41, 5.74) is -0.689. The number of benzene rings is 1. The van der Waals surface area contributed by atoms with E-state index in [9.17, 15) is 15.0 Å². The van der Waals surface area contributed by atoms with E-state index in [-0.39, 0.29) is 17.5 Å². The highest BCUT2D eigenvalue weighted by atomic mass is 16.5. The summed E-state index contributed by atoms with van der Waals surface area (Å²) in [5, 5.41) is 22.2. The molecule has 1 aromatic rings. The van der Waals surface area contributed by atoms with E-state index in [0.29, 0.717) is 5.56 Å². The van der Waals surface area contributed by atoms with Gasteiger partial charge >= 0.3 is 5.97 Å². The van der Waals surface area contributed by atoms with E-state index < -0.39 is 11.5 Å². The van der Waals surface area contributed by atoms with Crippen molar-refractivity contribution in [2.75, 3.05) is 7.11 Å². The van der Waals surface area contributed by atoms with Crippen LogP contribution in [0.4, 0.5) is 0 Å². The molecular formula is C14H21NO4. The summed E-state index contributed by atoms with van der Waals surface area (Å²) in [6, 6.07) is 4.62. The summed E-state index contributed by atoms with van der Waals surface area (Å²) < 4.78 is 5.02. The van der Waals surface area contributed by atoms with Gasteiger partial charge in [-0.3, -0.25) is 5.32 Å². The second-order valence-electron chi connectivity index (χ2n) is 4.77. The van der Waals surface area contributed by atoms with E-state index in [1.54, 1.807) is 19.1 Å². The number of phenolic OH excluding ortho intramolecular Hbond substituents is 1. The quantitative estimate of drug-likeness (QED) is 0.735. The van der Waals surface area contributed by atoms with E-state index in [2.05, 4.69) is 5.32 Å². The van der Waals surface area contributed by atoms with Crippen molar-refractivity contribution in [1.29, 1.82) is 0 Å². The number of methoxy groups -OCH3 is 1. The van der Waals surface area contributed by atoms with Gasteiger partial charge in [-0.15, -0.1) is 0 Å². The first-order valence-electron chi connectivity index (χ1n) is 6.23. The Labute approximate surface area is 113 Å². The third-order valence-corrected chi connectivity index (χ3v) is 3.33. The topological polar surface area (TPSA) is 78.8 Å². The van der Waals surface area contributed by atoms with Gasteiger partial charge in [-0.25, -0.2) is 4.79 Å². The molecular weight excluding hydrogens is 246 g/mol. The Bertz CT molecular complexity index is 461. The molecule has 0 radical (unpaired) electrons. The fourth-order valence-electron chi connectivity index (χ4n) is 1.85. The molecule has 5 heteroatoms. The van der Waals surface area contributed by atoms with Crippen LogP contribution in [0.5, 0.6) is 11.5 Å². The highest BCUT2D eigenvalue weighted by molar-refractivity contribution is 5.80. The van der Waals surface area contributed by atoms with E-state index in [1.165, 1.54) is 13.2 Å². The van der Waals surface area contributed by atoms with Gasteiger partial charge in [-0.2, -0.15) is 0 Å². The van der Waals surface area contributed by atoms with Gasteiger partial charge in [0.25, 0.3) is 0 Å². The lowest BCUT2D eigenvalue weighted by Gasteiger charge is -2.30. The molecule has 2 atom stereocenters. The molecule has 3 N–H and O–H groups in total. The summed E-state index contributed by atoms with van der Waals surface area (Å²) in [6.07, 6.45) is 0.818. The van der Waals surface area contributed by atoms with Crippen LogP contribution in [0.25, 0.3) is 0 Å². The lowest BCUT2D eigenvalue weighted by molar-refractivity contribution is -0.145. The number of hydrogen-bond acceptors (Lipinski definition) is 4. The number of hydrogen-bond donors (Lipinski definition) is 3. The zero-order chi connectivity index (χ0) is 14.6. The molecule has 1 aromatic carbocycles. The van der Waals surface area contributed by atoms with Crippen LogP contribution in [0.3, 0.4) is 0 Å². The van der Waals surface area contributed by atoms with Gasteiger partial charge < -0.3 is 14.9 Å². The Hall–Kier alpha value is -1.75. The van der Waals surface area contributed by atoms with Gasteiger partial charge in [-0.1, -0.05) is 13.0 Å². The number of nitrogens with one attached hydrogen (secondary N) is 1. The van der Waals surface area contributed by atoms with Crippen LogP contribution in [0.15, 0.2) is 18.2 Å². The summed E-state index contributed by atoms with van der Waals surface area (Å²) in [7, 11) is 1.43. The first-order chi connectivity index (χ1) is 8.85. The maximum Gasteiger partial charge on any atom is 0.328 e. The monoisotopic (exact) mass is 267 g/mol. The predicted molar refractivity (Wildman–Crippen MR) is 72.5 cm³/mol. The average molecular weight is 267 g/mol. The molecule has 5 nitrogen and oxygen atoms in total. The minimum absolute atomic E-state index is 0.0115. The van der Waals surface area contributed by atoms with Gasteiger partial charge in [0.2, 0.25) is 0 Å². The van der Waals surface area contributed by atoms with E-state index >= 15 is 0 Å². The molecule has 0 bridgehead atoms. The Morgan fingerprint density at radius 2 is 2.16 bits per heavy atom. The van der Waals surface area contributed by atoms with Crippen LogP contribution in [-0.4, -0.2) is 29.3 Å². The van der Waals surface area contributed by atoms with Crippen LogP contribution in [0, 0.1) is 0 Å². The van der Waals surface area contributed by atoms with Crippen molar-refractivity contribution < 1.29 is 19.7 Å². The number of aliphatic carboxylic acids is 1. The summed E-state index contributed by atoms with van der Waals surface area (Å²) in [6.45, 7) is 5.52. The molecule has 0 saturated heterocycles. The largest absolute Gasteiger partial charge is 0.504 e. The van der Waals surface area contributed by atoms with Crippen molar-refractivity contribution in [3.05, 3.63) is 23.8 Å². The molecule has 0 saturated carbocycles. The fraction of sp³-hybridized carbons (Fsp3) is 0.500. The molecule has 0 amide bonds. The number of rotatable bonds is 6. The van der Waals surface area contributed by atoms with Gasteiger partial charge in [-0.05, 0) is 38.0 Å². The fourth-order valence-corrected chi connectivity index (χ4v) is 1.85. The van der Waals surface area contributed by atoms with Crippen LogP contribution in [0.2, 0.25) is 0 Å². The average Bonchev–Trinajstić information content (AvgIpc) is 2.38. The van der Waals surface area contributed by atoms with Crippen molar-refractivity contribution in [1.82, 2.24) is 5.32 Å². The molecule has 0 heterocycles. The van der Waals surface area contributed by atoms with Crippen molar-refractivity contribution >= 4 is 5.97 Å². The Morgan fingerprint density at radius 1 is 1.53 bits per heavy atom. The third-order valence-electron chi connectivity index (χ3n) is 3.33. The van der Waals surface area contributed by atoms with Crippen LogP contribution in [-0.2, 0) is 10.3 Å². The molecule has 0 fully saturated rings. The van der Waals surface area contributed by atoms with Crippen molar-refractivity contribution in [3.8, 4) is 11.5 Å². The first-order valence-corrected chi connectivity index (χ1v) is 6.23. The summed E-state index contributed by atoms with van der Waals surface area (Å²) in [4.78, 5) is 11.6. The predicted octanol–water partition coefficient (Wildman–Crippen LogP) is 2.09. The smallest absolute Gasteiger partial charge is 0.328 e. The highest BCUT2D eigenvalue weighted by Gasteiger charge is 2.36. The summed E-state index contributed by atoms with van der Waals surface area (Å²) in [5.74, 6) is -0.723. The molecule has 0 aliphatic carbocycles. The first kappa shape index (κ1) is 15.3. The van der Waals surface area contributed by atoms with Crippen LogP contribution < -0.4 is 10.1 Å². The van der Waals surface area contributed by atoms with E-state index in [4.69, 9.17) is 4.74 Å². The molecule has 0 aromatic heterocycles. The van der Waals surface area contributed by atoms with Gasteiger partial charge in [0, 0.05) is 6.04 Å². The van der Waals surface area contributed by atoms with Crippen LogP contribution in [0.1, 0.15) is 32.8 Å². The van der Waals surface area contributed by atoms with Gasteiger partial charge in [0.1, 0.15) is 5.54 Å². The number of carbonyl (C=O) groups is 1. The molecule has 0 spiro atoms. The molecule has 0 aliphatic heterocycles. The Balaban J connectivity index is 3.22. The zero-order valence-electron chi connectivity index (χ0n) is 11.7. The molecule has 19 heavy (non-hydrogen) atoms. The molecule has 106 valence electrons. The Morgan fingerprint density at radius 3 is 2.63 bits per heavy atom. The minimum Gasteiger partial charge on any atom is -0.504 e. The third kappa shape index (κ3) is 3.17. The van der Waals surface area contributed by atoms with Gasteiger partial charge in [0.05, 0.1) is 7.11 Å². The number of carboxylic acid groups (broad SMARTS) is 1. The maximum atomic E-state index is 11.6. The van der Waals surface area contributed by atoms with Crippen molar-refractivity contribution in [2.45, 2.75) is 38.8 Å². The normalized spacial score (nSPS) is 15.6. The maximum absolute atomic E-state index is 11.6. The van der Waals surface area contributed by atoms with Crippen molar-refractivity contribution in [2.24, 2.45) is 0 Å². The lowest BCUT2D eigenvalue weighted by Crippen LogP contribution is -2.50. The lowest BCUT2D eigenvalue weighted by atomic mass is 9.90. The van der Waals surface area contributed by atoms with E-state index in [1.807, 2.05) is 13.8 Å². The zero-order valence-corrected chi connectivity index (χ0v) is 11.7. The number of aromatic hydroxyl groups is 1.